The van der Waals surface area contributed by atoms with Crippen LogP contribution in [-0.4, -0.2) is 106 Å². The Morgan fingerprint density at radius 1 is 0.824 bits per heavy atom. The highest BCUT2D eigenvalue weighted by Crippen LogP contribution is 2.42. The summed E-state index contributed by atoms with van der Waals surface area (Å²) < 4.78 is 17.5. The Morgan fingerprint density at radius 3 is 2.10 bits per heavy atom. The summed E-state index contributed by atoms with van der Waals surface area (Å²) in [5.74, 6) is 2.64. The van der Waals surface area contributed by atoms with E-state index in [-0.39, 0.29) is 60.5 Å². The van der Waals surface area contributed by atoms with Crippen molar-refractivity contribution in [3.8, 4) is 17.6 Å². The number of nitrogens with zero attached hydrogens (tertiary/aromatic N) is 7. The van der Waals surface area contributed by atoms with E-state index in [1.165, 1.54) is 30.6 Å². The highest BCUT2D eigenvalue weighted by atomic mass is 35.5. The van der Waals surface area contributed by atoms with Gasteiger partial charge >= 0.3 is 0 Å². The van der Waals surface area contributed by atoms with E-state index in [0.717, 1.165) is 43.9 Å². The molecule has 0 bridgehead atoms. The van der Waals surface area contributed by atoms with Crippen LogP contribution in [0.1, 0.15) is 71.5 Å². The van der Waals surface area contributed by atoms with E-state index in [1.807, 2.05) is 18.7 Å². The smallest absolute Gasteiger partial charge is 0.274 e. The average Bonchev–Trinajstić information content (AvgIpc) is 3.98. The van der Waals surface area contributed by atoms with Gasteiger partial charge in [-0.25, -0.2) is 4.98 Å². The van der Waals surface area contributed by atoms with E-state index < -0.39 is 0 Å². The van der Waals surface area contributed by atoms with Gasteiger partial charge in [0.2, 0.25) is 17.6 Å². The zero-order chi connectivity index (χ0) is 33.9. The van der Waals surface area contributed by atoms with Crippen molar-refractivity contribution < 1.29 is 19.0 Å². The molecule has 51 heavy (non-hydrogen) atoms. The minimum Gasteiger partial charge on any atom is -0.481 e. The molecule has 13 heteroatoms. The van der Waals surface area contributed by atoms with Crippen LogP contribution in [0.2, 0.25) is 0 Å². The summed E-state index contributed by atoms with van der Waals surface area (Å²) in [6.07, 6.45) is 5.16. The van der Waals surface area contributed by atoms with E-state index in [1.54, 1.807) is 7.11 Å². The fourth-order valence-electron chi connectivity index (χ4n) is 7.32. The summed E-state index contributed by atoms with van der Waals surface area (Å²) in [7, 11) is 3.20. The third-order valence-corrected chi connectivity index (χ3v) is 9.71. The number of halogens is 2. The van der Waals surface area contributed by atoms with Crippen molar-refractivity contribution in [1.29, 1.82) is 0 Å². The van der Waals surface area contributed by atoms with E-state index >= 15 is 0 Å². The Bertz CT molecular complexity index is 1710. The number of rotatable bonds is 11. The van der Waals surface area contributed by atoms with Gasteiger partial charge in [-0.15, -0.1) is 24.8 Å². The SMILES string of the molecule is COc1cncc(C(=O)N2CCN3[C@H](CN(Cc4c(OC)nc(C5CC5)nc4OC(C)C)C[C@H]3C(c3ccccc3)c3ccccc3)C2)n1.Cl.Cl. The zero-order valence-corrected chi connectivity index (χ0v) is 31.2. The molecule has 4 heterocycles. The topological polar surface area (TPSA) is 106 Å². The first-order valence-electron chi connectivity index (χ1n) is 17.3. The molecule has 272 valence electrons. The largest absolute Gasteiger partial charge is 0.481 e. The number of benzene rings is 2. The standard InChI is InChI=1S/C38H45N7O4.2ClH/c1-25(2)49-37-30(36(48-4)41-35(42-37)28-15-16-28)23-43-21-29-22-44(38(46)31-19-39-20-33(40-31)47-3)17-18-45(29)32(24-43)34(26-11-7-5-8-12-26)27-13-9-6-10-14-27;;/h5-14,19-20,25,28-29,32,34H,15-18,21-24H2,1-4H3;2*1H/t29-,32+;;/m1../s1. The minimum absolute atomic E-state index is 0. The Balaban J connectivity index is 0.00000252. The molecule has 2 aliphatic heterocycles. The van der Waals surface area contributed by atoms with Gasteiger partial charge in [-0.1, -0.05) is 60.7 Å². The Labute approximate surface area is 312 Å². The van der Waals surface area contributed by atoms with Crippen LogP contribution in [0.25, 0.3) is 0 Å². The third kappa shape index (κ3) is 8.55. The average molecular weight is 737 g/mol. The molecule has 1 aliphatic carbocycles. The van der Waals surface area contributed by atoms with Crippen LogP contribution in [0.15, 0.2) is 73.1 Å². The lowest BCUT2D eigenvalue weighted by atomic mass is 9.81. The molecule has 2 aromatic heterocycles. The lowest BCUT2D eigenvalue weighted by molar-refractivity contribution is -0.0294. The number of carbonyl (C=O) groups excluding carboxylic acids is 1. The number of hydrogen-bond acceptors (Lipinski definition) is 10. The molecule has 0 spiro atoms. The van der Waals surface area contributed by atoms with Crippen molar-refractivity contribution in [2.75, 3.05) is 46.9 Å². The first-order valence-corrected chi connectivity index (χ1v) is 17.3. The molecule has 0 radical (unpaired) electrons. The Kier molecular flexibility index (Phi) is 12.7. The summed E-state index contributed by atoms with van der Waals surface area (Å²) in [6, 6.07) is 21.7. The molecule has 1 saturated carbocycles. The van der Waals surface area contributed by atoms with Crippen LogP contribution >= 0.6 is 24.8 Å². The number of hydrogen-bond donors (Lipinski definition) is 0. The second-order valence-electron chi connectivity index (χ2n) is 13.5. The van der Waals surface area contributed by atoms with E-state index in [2.05, 4.69) is 80.4 Å². The summed E-state index contributed by atoms with van der Waals surface area (Å²) in [5, 5.41) is 0. The summed E-state index contributed by atoms with van der Waals surface area (Å²) in [5.41, 5.74) is 3.68. The molecule has 4 aromatic rings. The lowest BCUT2D eigenvalue weighted by Crippen LogP contribution is -2.67. The number of methoxy groups -OCH3 is 2. The molecule has 3 fully saturated rings. The summed E-state index contributed by atoms with van der Waals surface area (Å²) in [4.78, 5) is 39.2. The predicted molar refractivity (Wildman–Crippen MR) is 200 cm³/mol. The minimum atomic E-state index is -0.138. The van der Waals surface area contributed by atoms with Crippen LogP contribution in [0.5, 0.6) is 17.6 Å². The molecule has 3 aliphatic rings. The Morgan fingerprint density at radius 2 is 1.49 bits per heavy atom. The van der Waals surface area contributed by atoms with Gasteiger partial charge in [0.25, 0.3) is 5.91 Å². The molecule has 2 aromatic carbocycles. The van der Waals surface area contributed by atoms with E-state index in [0.29, 0.717) is 43.2 Å². The highest BCUT2D eigenvalue weighted by Gasteiger charge is 2.44. The highest BCUT2D eigenvalue weighted by molar-refractivity contribution is 5.92. The van der Waals surface area contributed by atoms with Gasteiger partial charge < -0.3 is 19.1 Å². The van der Waals surface area contributed by atoms with E-state index in [9.17, 15) is 4.79 Å². The first kappa shape index (κ1) is 38.2. The van der Waals surface area contributed by atoms with Crippen LogP contribution < -0.4 is 14.2 Å². The predicted octanol–water partition coefficient (Wildman–Crippen LogP) is 5.63. The third-order valence-electron chi connectivity index (χ3n) is 9.71. The number of ether oxygens (including phenoxy) is 3. The van der Waals surface area contributed by atoms with Crippen LogP contribution in [0.3, 0.4) is 0 Å². The summed E-state index contributed by atoms with van der Waals surface area (Å²) in [6.45, 7) is 8.05. The lowest BCUT2D eigenvalue weighted by Gasteiger charge is -2.53. The van der Waals surface area contributed by atoms with Crippen LogP contribution in [0, 0.1) is 0 Å². The van der Waals surface area contributed by atoms with Crippen LogP contribution in [-0.2, 0) is 6.54 Å². The molecule has 11 nitrogen and oxygen atoms in total. The molecule has 0 N–H and O–H groups in total. The maximum Gasteiger partial charge on any atom is 0.274 e. The Hall–Kier alpha value is -4.03. The van der Waals surface area contributed by atoms with Gasteiger partial charge in [0.1, 0.15) is 5.82 Å². The van der Waals surface area contributed by atoms with Gasteiger partial charge in [0.05, 0.1) is 38.3 Å². The van der Waals surface area contributed by atoms with Crippen molar-refractivity contribution in [1.82, 2.24) is 34.6 Å². The number of fused-ring (bicyclic) bond motifs is 1. The van der Waals surface area contributed by atoms with Crippen molar-refractivity contribution in [3.05, 3.63) is 101 Å². The number of aromatic nitrogens is 4. The maximum absolute atomic E-state index is 13.8. The fraction of sp³-hybridized carbons (Fsp3) is 0.447. The molecule has 2 atom stereocenters. The van der Waals surface area contributed by atoms with Gasteiger partial charge in [0, 0.05) is 63.2 Å². The quantitative estimate of drug-likeness (QED) is 0.192. The van der Waals surface area contributed by atoms with Crippen molar-refractivity contribution >= 4 is 30.7 Å². The molecule has 2 saturated heterocycles. The monoisotopic (exact) mass is 735 g/mol. The molecule has 0 unspecified atom stereocenters. The van der Waals surface area contributed by atoms with Gasteiger partial charge in [-0.05, 0) is 37.8 Å². The maximum atomic E-state index is 13.8. The van der Waals surface area contributed by atoms with Crippen LogP contribution in [0.4, 0.5) is 0 Å². The second kappa shape index (κ2) is 17.0. The number of amides is 1. The number of carbonyl (C=O) groups is 1. The fourth-order valence-corrected chi connectivity index (χ4v) is 7.32. The zero-order valence-electron chi connectivity index (χ0n) is 29.6. The van der Waals surface area contributed by atoms with Gasteiger partial charge in [-0.2, -0.15) is 9.97 Å². The summed E-state index contributed by atoms with van der Waals surface area (Å²) >= 11 is 0. The van der Waals surface area contributed by atoms with Crippen molar-refractivity contribution in [2.24, 2.45) is 0 Å². The van der Waals surface area contributed by atoms with Gasteiger partial charge in [0.15, 0.2) is 5.69 Å². The van der Waals surface area contributed by atoms with Crippen molar-refractivity contribution in [2.45, 2.75) is 63.3 Å². The van der Waals surface area contributed by atoms with Gasteiger partial charge in [-0.3, -0.25) is 19.6 Å². The normalized spacial score (nSPS) is 19.1. The molecule has 1 amide bonds. The second-order valence-corrected chi connectivity index (χ2v) is 13.5. The molecule has 7 rings (SSSR count). The first-order chi connectivity index (χ1) is 23.9. The van der Waals surface area contributed by atoms with E-state index in [4.69, 9.17) is 24.2 Å². The molecular weight excluding hydrogens is 689 g/mol. The molecular formula is C38H47Cl2N7O4. The van der Waals surface area contributed by atoms with Crippen molar-refractivity contribution in [3.63, 3.8) is 0 Å². The number of piperazine rings is 2.